The van der Waals surface area contributed by atoms with Crippen molar-refractivity contribution in [2.24, 2.45) is 11.8 Å². The van der Waals surface area contributed by atoms with Crippen molar-refractivity contribution >= 4 is 22.0 Å². The zero-order valence-corrected chi connectivity index (χ0v) is 16.9. The number of aliphatic hydroxyl groups is 1. The van der Waals surface area contributed by atoms with Crippen LogP contribution >= 0.6 is 15.9 Å². The van der Waals surface area contributed by atoms with E-state index in [4.69, 9.17) is 4.74 Å². The van der Waals surface area contributed by atoms with Crippen molar-refractivity contribution in [1.82, 2.24) is 5.32 Å². The first kappa shape index (κ1) is 20.8. The molecule has 5 heteroatoms. The number of carbonyl (C=O) groups is 1. The predicted octanol–water partition coefficient (Wildman–Crippen LogP) is 4.63. The lowest BCUT2D eigenvalue weighted by Crippen LogP contribution is -2.52. The molecule has 23 heavy (non-hydrogen) atoms. The smallest absolute Gasteiger partial charge is 0.407 e. The third-order valence-electron chi connectivity index (χ3n) is 4.25. The number of alkyl carbamates (subject to hydrolysis) is 1. The molecule has 0 heterocycles. The second kappa shape index (κ2) is 9.26. The van der Waals surface area contributed by atoms with Crippen molar-refractivity contribution in [2.75, 3.05) is 0 Å². The molecule has 0 spiro atoms. The molecule has 0 aromatic rings. The van der Waals surface area contributed by atoms with Gasteiger partial charge in [-0.1, -0.05) is 49.0 Å². The van der Waals surface area contributed by atoms with Gasteiger partial charge in [-0.2, -0.15) is 0 Å². The summed E-state index contributed by atoms with van der Waals surface area (Å²) in [5, 5.41) is 13.5. The number of halogens is 1. The molecule has 0 unspecified atom stereocenters. The van der Waals surface area contributed by atoms with Crippen LogP contribution in [0, 0.1) is 11.8 Å². The summed E-state index contributed by atoms with van der Waals surface area (Å²) in [7, 11) is 0. The van der Waals surface area contributed by atoms with Crippen LogP contribution in [0.15, 0.2) is 0 Å². The molecule has 0 aromatic carbocycles. The highest BCUT2D eigenvalue weighted by molar-refractivity contribution is 9.09. The summed E-state index contributed by atoms with van der Waals surface area (Å²) in [5.41, 5.74) is -0.537. The van der Waals surface area contributed by atoms with E-state index < -0.39 is 17.8 Å². The van der Waals surface area contributed by atoms with Gasteiger partial charge in [0.25, 0.3) is 0 Å². The van der Waals surface area contributed by atoms with Crippen LogP contribution in [0.25, 0.3) is 0 Å². The van der Waals surface area contributed by atoms with Crippen molar-refractivity contribution in [2.45, 2.75) is 95.7 Å². The number of amides is 1. The van der Waals surface area contributed by atoms with Crippen LogP contribution < -0.4 is 5.32 Å². The van der Waals surface area contributed by atoms with Gasteiger partial charge in [-0.25, -0.2) is 4.79 Å². The maximum atomic E-state index is 12.2. The molecule has 0 bridgehead atoms. The number of hydrogen-bond donors (Lipinski definition) is 2. The maximum Gasteiger partial charge on any atom is 0.407 e. The van der Waals surface area contributed by atoms with Gasteiger partial charge < -0.3 is 15.2 Å². The summed E-state index contributed by atoms with van der Waals surface area (Å²) in [4.78, 5) is 12.3. The Morgan fingerprint density at radius 2 is 1.83 bits per heavy atom. The zero-order valence-electron chi connectivity index (χ0n) is 15.3. The lowest BCUT2D eigenvalue weighted by Gasteiger charge is -2.36. The number of ether oxygens (including phenoxy) is 1. The van der Waals surface area contributed by atoms with Crippen molar-refractivity contribution < 1.29 is 14.6 Å². The average molecular weight is 392 g/mol. The second-order valence-electron chi connectivity index (χ2n) is 8.21. The first-order valence-corrected chi connectivity index (χ1v) is 9.83. The Balaban J connectivity index is 2.76. The molecule has 1 saturated carbocycles. The fraction of sp³-hybridized carbons (Fsp3) is 0.944. The van der Waals surface area contributed by atoms with Gasteiger partial charge >= 0.3 is 6.09 Å². The van der Waals surface area contributed by atoms with Crippen LogP contribution in [0.5, 0.6) is 0 Å². The van der Waals surface area contributed by atoms with Gasteiger partial charge in [-0.3, -0.25) is 0 Å². The zero-order chi connectivity index (χ0) is 17.6. The monoisotopic (exact) mass is 391 g/mol. The van der Waals surface area contributed by atoms with E-state index >= 15 is 0 Å². The second-order valence-corrected chi connectivity index (χ2v) is 9.27. The van der Waals surface area contributed by atoms with Gasteiger partial charge in [0.15, 0.2) is 0 Å². The van der Waals surface area contributed by atoms with E-state index in [9.17, 15) is 9.90 Å². The van der Waals surface area contributed by atoms with Crippen LogP contribution in [-0.4, -0.2) is 33.8 Å². The van der Waals surface area contributed by atoms with E-state index in [2.05, 4.69) is 35.1 Å². The molecule has 4 nitrogen and oxygen atoms in total. The first-order chi connectivity index (χ1) is 10.6. The Morgan fingerprint density at radius 1 is 1.26 bits per heavy atom. The van der Waals surface area contributed by atoms with E-state index in [0.29, 0.717) is 18.3 Å². The quantitative estimate of drug-likeness (QED) is 0.648. The van der Waals surface area contributed by atoms with E-state index in [-0.39, 0.29) is 10.9 Å². The predicted molar refractivity (Wildman–Crippen MR) is 97.9 cm³/mol. The third-order valence-corrected chi connectivity index (χ3v) is 5.57. The van der Waals surface area contributed by atoms with Gasteiger partial charge in [0.05, 0.1) is 12.1 Å². The molecule has 1 fully saturated rings. The Labute approximate surface area is 149 Å². The molecule has 0 aromatic heterocycles. The van der Waals surface area contributed by atoms with Crippen molar-refractivity contribution in [3.05, 3.63) is 0 Å². The van der Waals surface area contributed by atoms with E-state index in [1.165, 1.54) is 19.3 Å². The van der Waals surface area contributed by atoms with Gasteiger partial charge in [0, 0.05) is 4.83 Å². The standard InChI is InChI=1S/C18H34BrNO3/c1-12(2)11-14(21)16(20-17(22)23-18(3,4)5)15(19)13-9-7-6-8-10-13/h12-16,21H,6-11H2,1-5H3,(H,20,22)/t14-,15-,16+/m1/s1. The highest BCUT2D eigenvalue weighted by Crippen LogP contribution is 2.33. The number of alkyl halides is 1. The Hall–Kier alpha value is -0.290. The van der Waals surface area contributed by atoms with Gasteiger partial charge in [-0.05, 0) is 51.9 Å². The summed E-state index contributed by atoms with van der Waals surface area (Å²) in [5.74, 6) is 0.865. The van der Waals surface area contributed by atoms with Crippen molar-refractivity contribution in [3.8, 4) is 0 Å². The molecular formula is C18H34BrNO3. The Morgan fingerprint density at radius 3 is 2.30 bits per heavy atom. The molecule has 0 aliphatic heterocycles. The topological polar surface area (TPSA) is 58.6 Å². The molecular weight excluding hydrogens is 358 g/mol. The fourth-order valence-electron chi connectivity index (χ4n) is 3.21. The van der Waals surface area contributed by atoms with Crippen LogP contribution in [0.3, 0.4) is 0 Å². The Bertz CT molecular complexity index is 362. The largest absolute Gasteiger partial charge is 0.444 e. The summed E-state index contributed by atoms with van der Waals surface area (Å²) in [6, 6.07) is -0.324. The van der Waals surface area contributed by atoms with E-state index in [1.54, 1.807) is 0 Å². The molecule has 1 aliphatic carbocycles. The molecule has 0 radical (unpaired) electrons. The number of hydrogen-bond acceptors (Lipinski definition) is 3. The van der Waals surface area contributed by atoms with E-state index in [1.807, 2.05) is 20.8 Å². The first-order valence-electron chi connectivity index (χ1n) is 8.92. The molecule has 3 atom stereocenters. The summed E-state index contributed by atoms with van der Waals surface area (Å²) >= 11 is 3.77. The third kappa shape index (κ3) is 7.88. The van der Waals surface area contributed by atoms with E-state index in [0.717, 1.165) is 12.8 Å². The van der Waals surface area contributed by atoms with Crippen LogP contribution in [0.1, 0.15) is 73.1 Å². The number of aliphatic hydroxyl groups excluding tert-OH is 1. The molecule has 1 rings (SSSR count). The SMILES string of the molecule is CC(C)C[C@@H](O)[C@H](NC(=O)OC(C)(C)C)[C@H](Br)C1CCCCC1. The average Bonchev–Trinajstić information content (AvgIpc) is 2.42. The number of nitrogens with one attached hydrogen (secondary N) is 1. The van der Waals surface area contributed by atoms with Gasteiger partial charge in [0.2, 0.25) is 0 Å². The summed E-state index contributed by atoms with van der Waals surface area (Å²) < 4.78 is 5.38. The maximum absolute atomic E-state index is 12.2. The van der Waals surface area contributed by atoms with Gasteiger partial charge in [-0.15, -0.1) is 0 Å². The summed E-state index contributed by atoms with van der Waals surface area (Å²) in [6.07, 6.45) is 5.68. The molecule has 1 aliphatic rings. The Kier molecular flexibility index (Phi) is 8.36. The molecule has 0 saturated heterocycles. The minimum absolute atomic E-state index is 0.0732. The highest BCUT2D eigenvalue weighted by atomic mass is 79.9. The lowest BCUT2D eigenvalue weighted by molar-refractivity contribution is 0.0374. The summed E-state index contributed by atoms with van der Waals surface area (Å²) in [6.45, 7) is 9.70. The van der Waals surface area contributed by atoms with Crippen LogP contribution in [0.4, 0.5) is 4.79 Å². The van der Waals surface area contributed by atoms with Crippen molar-refractivity contribution in [1.29, 1.82) is 0 Å². The molecule has 1 amide bonds. The van der Waals surface area contributed by atoms with Crippen molar-refractivity contribution in [3.63, 3.8) is 0 Å². The minimum atomic E-state index is -0.575. The number of rotatable bonds is 6. The fourth-order valence-corrected chi connectivity index (χ4v) is 4.22. The normalized spacial score (nSPS) is 20.9. The van der Waals surface area contributed by atoms with Crippen LogP contribution in [0.2, 0.25) is 0 Å². The number of carbonyl (C=O) groups excluding carboxylic acids is 1. The highest BCUT2D eigenvalue weighted by Gasteiger charge is 2.35. The van der Waals surface area contributed by atoms with Crippen LogP contribution in [-0.2, 0) is 4.74 Å². The minimum Gasteiger partial charge on any atom is -0.444 e. The van der Waals surface area contributed by atoms with Gasteiger partial charge in [0.1, 0.15) is 5.60 Å². The lowest BCUT2D eigenvalue weighted by atomic mass is 9.82. The molecule has 2 N–H and O–H groups in total. The molecule has 136 valence electrons.